The van der Waals surface area contributed by atoms with Gasteiger partial charge in [0.15, 0.2) is 0 Å². The van der Waals surface area contributed by atoms with Crippen LogP contribution in [0.15, 0.2) is 99.7 Å². The first-order valence-electron chi connectivity index (χ1n) is 15.0. The summed E-state index contributed by atoms with van der Waals surface area (Å²) in [6.45, 7) is 5.39. The largest absolute Gasteiger partial charge is 0.465 e. The second kappa shape index (κ2) is 18.1. The Labute approximate surface area is 291 Å². The SMILES string of the molecule is CCOP(=O)(Cc1cccc(Oc2ccc(Br)cn2)c1)OCC.O=C(O)N1CCC(=Cc2cccc(Oc3ccc(Br)cn3)c2)CC1. The molecule has 1 aliphatic rings. The Morgan fingerprint density at radius 3 is 1.91 bits per heavy atom. The minimum atomic E-state index is -3.13. The molecule has 1 N–H and O–H groups in total. The molecule has 0 radical (unpaired) electrons. The number of halogens is 2. The minimum absolute atomic E-state index is 0.208. The quantitative estimate of drug-likeness (QED) is 0.148. The van der Waals surface area contributed by atoms with Crippen LogP contribution in [0.5, 0.6) is 23.3 Å². The number of amides is 1. The van der Waals surface area contributed by atoms with E-state index in [0.29, 0.717) is 43.8 Å². The molecule has 1 fully saturated rings. The van der Waals surface area contributed by atoms with Crippen molar-refractivity contribution in [1.29, 1.82) is 0 Å². The number of hydrogen-bond donors (Lipinski definition) is 1. The summed E-state index contributed by atoms with van der Waals surface area (Å²) in [5.74, 6) is 2.37. The van der Waals surface area contributed by atoms with E-state index in [1.54, 1.807) is 38.4 Å². The fourth-order valence-corrected chi connectivity index (χ4v) is 6.73. The molecule has 5 rings (SSSR count). The highest BCUT2D eigenvalue weighted by Crippen LogP contribution is 2.51. The summed E-state index contributed by atoms with van der Waals surface area (Å²) >= 11 is 6.67. The van der Waals surface area contributed by atoms with Crippen LogP contribution in [0.2, 0.25) is 0 Å². The van der Waals surface area contributed by atoms with Crippen LogP contribution in [-0.2, 0) is 19.8 Å². The van der Waals surface area contributed by atoms with Crippen molar-refractivity contribution < 1.29 is 33.0 Å². The third-order valence-electron chi connectivity index (χ3n) is 6.68. The first kappa shape index (κ1) is 36.3. The van der Waals surface area contributed by atoms with Crippen LogP contribution < -0.4 is 9.47 Å². The molecule has 47 heavy (non-hydrogen) atoms. The Morgan fingerprint density at radius 2 is 1.40 bits per heavy atom. The van der Waals surface area contributed by atoms with Gasteiger partial charge in [0.2, 0.25) is 11.8 Å². The van der Waals surface area contributed by atoms with Gasteiger partial charge in [0.1, 0.15) is 11.5 Å². The average molecular weight is 789 g/mol. The summed E-state index contributed by atoms with van der Waals surface area (Å²) in [7, 11) is -3.13. The summed E-state index contributed by atoms with van der Waals surface area (Å²) < 4.78 is 36.5. The third kappa shape index (κ3) is 12.2. The number of ether oxygens (including phenoxy) is 2. The lowest BCUT2D eigenvalue weighted by Crippen LogP contribution is -2.35. The molecule has 4 aromatic rings. The smallest absolute Gasteiger partial charge is 0.407 e. The second-order valence-electron chi connectivity index (χ2n) is 10.2. The molecule has 0 atom stereocenters. The molecule has 248 valence electrons. The number of rotatable bonds is 11. The standard InChI is InChI=1S/C18H17BrN2O3.C16H19BrNO4P/c19-15-4-5-17(20-12-15)24-16-3-1-2-14(11-16)10-13-6-8-21(9-7-13)18(22)23;1-3-20-23(19,21-4-2)12-13-6-5-7-15(10-13)22-16-9-8-14(17)11-18-16/h1-5,10-12H,6-9H2,(H,22,23);5-11H,3-4,12H2,1-2H3. The molecule has 13 heteroatoms. The Bertz CT molecular complexity index is 1670. The zero-order chi connectivity index (χ0) is 33.6. The second-order valence-corrected chi connectivity index (χ2v) is 14.1. The maximum absolute atomic E-state index is 12.6. The van der Waals surface area contributed by atoms with E-state index in [9.17, 15) is 9.36 Å². The van der Waals surface area contributed by atoms with Gasteiger partial charge in [-0.05, 0) is 106 Å². The zero-order valence-electron chi connectivity index (χ0n) is 26.1. The Hall–Kier alpha value is -3.54. The monoisotopic (exact) mass is 787 g/mol. The molecule has 0 aliphatic carbocycles. The van der Waals surface area contributed by atoms with Gasteiger partial charge in [0.05, 0.1) is 19.4 Å². The van der Waals surface area contributed by atoms with E-state index in [0.717, 1.165) is 38.7 Å². The molecule has 1 aliphatic heterocycles. The van der Waals surface area contributed by atoms with Crippen molar-refractivity contribution in [2.75, 3.05) is 26.3 Å². The van der Waals surface area contributed by atoms with Crippen LogP contribution in [0.1, 0.15) is 37.8 Å². The van der Waals surface area contributed by atoms with Crippen LogP contribution in [0.4, 0.5) is 4.79 Å². The van der Waals surface area contributed by atoms with Crippen molar-refractivity contribution >= 4 is 51.6 Å². The molecule has 10 nitrogen and oxygen atoms in total. The van der Waals surface area contributed by atoms with E-state index in [-0.39, 0.29) is 6.16 Å². The zero-order valence-corrected chi connectivity index (χ0v) is 30.1. The number of carboxylic acid groups (broad SMARTS) is 1. The highest BCUT2D eigenvalue weighted by Gasteiger charge is 2.24. The minimum Gasteiger partial charge on any atom is -0.465 e. The molecule has 1 saturated heterocycles. The van der Waals surface area contributed by atoms with E-state index in [1.165, 1.54) is 10.5 Å². The van der Waals surface area contributed by atoms with Gasteiger partial charge in [0.25, 0.3) is 0 Å². The highest BCUT2D eigenvalue weighted by molar-refractivity contribution is 9.10. The molecule has 3 heterocycles. The normalized spacial score (nSPS) is 12.9. The summed E-state index contributed by atoms with van der Waals surface area (Å²) in [5, 5.41) is 8.99. The fourth-order valence-electron chi connectivity index (χ4n) is 4.57. The van der Waals surface area contributed by atoms with E-state index < -0.39 is 13.7 Å². The lowest BCUT2D eigenvalue weighted by atomic mass is 10.0. The topological polar surface area (TPSA) is 120 Å². The molecule has 0 unspecified atom stereocenters. The molecule has 1 amide bonds. The lowest BCUT2D eigenvalue weighted by molar-refractivity contribution is 0.142. The van der Waals surface area contributed by atoms with Crippen LogP contribution in [0, 0.1) is 0 Å². The van der Waals surface area contributed by atoms with Gasteiger partial charge in [-0.3, -0.25) is 4.57 Å². The van der Waals surface area contributed by atoms with Gasteiger partial charge in [-0.2, -0.15) is 0 Å². The van der Waals surface area contributed by atoms with Gasteiger partial charge in [-0.25, -0.2) is 14.8 Å². The number of pyridine rings is 2. The molecular weight excluding hydrogens is 753 g/mol. The van der Waals surface area contributed by atoms with E-state index in [2.05, 4.69) is 47.9 Å². The number of likely N-dealkylation sites (tertiary alicyclic amines) is 1. The maximum atomic E-state index is 12.6. The Morgan fingerprint density at radius 1 is 0.851 bits per heavy atom. The molecule has 0 saturated carbocycles. The van der Waals surface area contributed by atoms with Crippen LogP contribution >= 0.6 is 39.5 Å². The molecule has 0 spiro atoms. The first-order chi connectivity index (χ1) is 22.6. The number of aromatic nitrogens is 2. The molecule has 0 bridgehead atoms. The number of nitrogens with zero attached hydrogens (tertiary/aromatic N) is 3. The Balaban J connectivity index is 0.000000213. The van der Waals surface area contributed by atoms with Gasteiger partial charge in [-0.15, -0.1) is 0 Å². The number of piperidine rings is 1. The predicted molar refractivity (Wildman–Crippen MR) is 188 cm³/mol. The van der Waals surface area contributed by atoms with Gasteiger partial charge >= 0.3 is 13.7 Å². The van der Waals surface area contributed by atoms with Crippen molar-refractivity contribution in [2.45, 2.75) is 32.9 Å². The highest BCUT2D eigenvalue weighted by atomic mass is 79.9. The fraction of sp³-hybridized carbons (Fsp3) is 0.265. The summed E-state index contributed by atoms with van der Waals surface area (Å²) in [6, 6.07) is 22.4. The van der Waals surface area contributed by atoms with Crippen molar-refractivity contribution in [1.82, 2.24) is 14.9 Å². The average Bonchev–Trinajstić information content (AvgIpc) is 3.04. The van der Waals surface area contributed by atoms with E-state index in [1.807, 2.05) is 60.7 Å². The van der Waals surface area contributed by atoms with Gasteiger partial charge in [0, 0.05) is 46.6 Å². The van der Waals surface area contributed by atoms with Crippen LogP contribution in [0.3, 0.4) is 0 Å². The molecule has 2 aromatic carbocycles. The first-order valence-corrected chi connectivity index (χ1v) is 18.3. The summed E-state index contributed by atoms with van der Waals surface area (Å²) in [4.78, 5) is 20.8. The van der Waals surface area contributed by atoms with Crippen molar-refractivity contribution in [3.63, 3.8) is 0 Å². The summed E-state index contributed by atoms with van der Waals surface area (Å²) in [6.07, 6.45) is 6.37. The molecule has 2 aromatic heterocycles. The number of carbonyl (C=O) groups is 1. The lowest BCUT2D eigenvalue weighted by Gasteiger charge is -2.25. The maximum Gasteiger partial charge on any atom is 0.407 e. The third-order valence-corrected chi connectivity index (χ3v) is 9.67. The van der Waals surface area contributed by atoms with Gasteiger partial charge in [-0.1, -0.05) is 35.9 Å². The predicted octanol–water partition coefficient (Wildman–Crippen LogP) is 10.2. The number of benzene rings is 2. The molecular formula is C34H36Br2N3O7P. The summed E-state index contributed by atoms with van der Waals surface area (Å²) in [5.41, 5.74) is 3.12. The van der Waals surface area contributed by atoms with Crippen LogP contribution in [0.25, 0.3) is 6.08 Å². The van der Waals surface area contributed by atoms with Crippen LogP contribution in [-0.4, -0.2) is 52.4 Å². The Kier molecular flexibility index (Phi) is 14.0. The van der Waals surface area contributed by atoms with E-state index in [4.69, 9.17) is 23.6 Å². The van der Waals surface area contributed by atoms with Crippen molar-refractivity contribution in [3.8, 4) is 23.3 Å². The van der Waals surface area contributed by atoms with Crippen molar-refractivity contribution in [3.05, 3.63) is 111 Å². The van der Waals surface area contributed by atoms with Crippen molar-refractivity contribution in [2.24, 2.45) is 0 Å². The van der Waals surface area contributed by atoms with E-state index >= 15 is 0 Å². The number of hydrogen-bond acceptors (Lipinski definition) is 8. The van der Waals surface area contributed by atoms with Gasteiger partial charge < -0.3 is 28.5 Å².